The molecule has 1 saturated heterocycles. The van der Waals surface area contributed by atoms with E-state index in [-0.39, 0.29) is 10.6 Å². The molecule has 4 rings (SSSR count). The van der Waals surface area contributed by atoms with Crippen molar-refractivity contribution in [2.75, 3.05) is 13.1 Å². The summed E-state index contributed by atoms with van der Waals surface area (Å²) in [6.07, 6.45) is 8.96. The van der Waals surface area contributed by atoms with Gasteiger partial charge in [0.15, 0.2) is 0 Å². The van der Waals surface area contributed by atoms with Gasteiger partial charge >= 0.3 is 0 Å². The number of unbranched alkanes of at least 4 members (excludes halogenated alkanes) is 2. The van der Waals surface area contributed by atoms with Crippen LogP contribution < -0.4 is 10.0 Å². The molecule has 0 saturated carbocycles. The smallest absolute Gasteiger partial charge is 0.126 e. The zero-order valence-electron chi connectivity index (χ0n) is 26.9. The third kappa shape index (κ3) is 8.68. The van der Waals surface area contributed by atoms with E-state index in [4.69, 9.17) is 4.74 Å². The summed E-state index contributed by atoms with van der Waals surface area (Å²) in [5.41, 5.74) is 8.26. The van der Waals surface area contributed by atoms with Gasteiger partial charge in [-0.1, -0.05) is 135 Å². The summed E-state index contributed by atoms with van der Waals surface area (Å²) >= 11 is 0. The lowest BCUT2D eigenvalue weighted by Gasteiger charge is -2.36. The summed E-state index contributed by atoms with van der Waals surface area (Å²) in [5.74, 6) is 1.10. The minimum Gasteiger partial charge on any atom is -0.488 e. The Balaban J connectivity index is 1.78. The molecule has 222 valence electrons. The van der Waals surface area contributed by atoms with Crippen LogP contribution >= 0.6 is 8.58 Å². The standard InChI is InChI=1S/C38H54NOP/c1-8-9-14-21-38(7,41-35-20-19-29(2)24-32(35)27-39-22-15-11-16-23-39)34-26-33(37(4,5)6)25-30(3)36(34)40-28-31-17-12-10-13-18-31/h10,12-13,17-20,24-26,41H,8-9,11,14-16,21-23,27-28H2,1-7H3. The van der Waals surface area contributed by atoms with Crippen LogP contribution in [-0.2, 0) is 23.7 Å². The number of benzene rings is 3. The van der Waals surface area contributed by atoms with Gasteiger partial charge in [-0.05, 0) is 79.2 Å². The zero-order valence-corrected chi connectivity index (χ0v) is 27.9. The average molecular weight is 572 g/mol. The predicted octanol–water partition coefficient (Wildman–Crippen LogP) is 9.97. The van der Waals surface area contributed by atoms with Crippen molar-refractivity contribution in [1.29, 1.82) is 0 Å². The fraction of sp³-hybridized carbons (Fsp3) is 0.526. The highest BCUT2D eigenvalue weighted by Crippen LogP contribution is 2.51. The molecule has 0 aromatic heterocycles. The van der Waals surface area contributed by atoms with Crippen LogP contribution in [0.2, 0.25) is 0 Å². The van der Waals surface area contributed by atoms with Crippen LogP contribution in [0, 0.1) is 13.8 Å². The van der Waals surface area contributed by atoms with Gasteiger partial charge in [-0.25, -0.2) is 0 Å². The first-order valence-corrected chi connectivity index (χ1v) is 17.0. The molecular formula is C38H54NOP. The van der Waals surface area contributed by atoms with Crippen LogP contribution in [0.4, 0.5) is 0 Å². The molecule has 2 nitrogen and oxygen atoms in total. The summed E-state index contributed by atoms with van der Waals surface area (Å²) in [5, 5.41) is 1.53. The minimum absolute atomic E-state index is 0.000876. The van der Waals surface area contributed by atoms with E-state index in [1.807, 2.05) is 0 Å². The molecule has 3 heteroatoms. The van der Waals surface area contributed by atoms with Crippen molar-refractivity contribution in [3.63, 3.8) is 0 Å². The number of nitrogens with zero attached hydrogens (tertiary/aromatic N) is 1. The van der Waals surface area contributed by atoms with Crippen LogP contribution in [-0.4, -0.2) is 18.0 Å². The Kier molecular flexibility index (Phi) is 11.1. The maximum atomic E-state index is 6.78. The van der Waals surface area contributed by atoms with E-state index in [1.165, 1.54) is 96.7 Å². The minimum atomic E-state index is -0.000876. The van der Waals surface area contributed by atoms with E-state index in [2.05, 4.69) is 114 Å². The second kappa shape index (κ2) is 14.3. The number of hydrogen-bond acceptors (Lipinski definition) is 2. The first kappa shape index (κ1) is 31.8. The summed E-state index contributed by atoms with van der Waals surface area (Å²) in [6, 6.07) is 22.7. The molecule has 1 fully saturated rings. The van der Waals surface area contributed by atoms with Gasteiger partial charge in [0, 0.05) is 17.3 Å². The number of likely N-dealkylation sites (tertiary alicyclic amines) is 1. The van der Waals surface area contributed by atoms with Crippen LogP contribution in [0.15, 0.2) is 60.7 Å². The normalized spacial score (nSPS) is 16.3. The molecule has 2 unspecified atom stereocenters. The predicted molar refractivity (Wildman–Crippen MR) is 180 cm³/mol. The second-order valence-electron chi connectivity index (χ2n) is 13.6. The number of ether oxygens (including phenoxy) is 1. The Hall–Kier alpha value is -2.15. The molecule has 41 heavy (non-hydrogen) atoms. The molecule has 1 heterocycles. The number of rotatable bonds is 12. The van der Waals surface area contributed by atoms with Crippen LogP contribution in [0.25, 0.3) is 0 Å². The quantitative estimate of drug-likeness (QED) is 0.158. The van der Waals surface area contributed by atoms with E-state index in [0.717, 1.165) is 12.3 Å². The molecule has 0 radical (unpaired) electrons. The highest BCUT2D eigenvalue weighted by atomic mass is 31.1. The molecule has 1 aliphatic heterocycles. The Morgan fingerprint density at radius 2 is 1.59 bits per heavy atom. The van der Waals surface area contributed by atoms with E-state index < -0.39 is 0 Å². The van der Waals surface area contributed by atoms with Crippen molar-refractivity contribution in [1.82, 2.24) is 4.90 Å². The zero-order chi connectivity index (χ0) is 29.5. The molecule has 0 amide bonds. The lowest BCUT2D eigenvalue weighted by molar-refractivity contribution is 0.221. The monoisotopic (exact) mass is 571 g/mol. The van der Waals surface area contributed by atoms with Crippen LogP contribution in [0.3, 0.4) is 0 Å². The van der Waals surface area contributed by atoms with Gasteiger partial charge in [-0.15, -0.1) is 0 Å². The first-order valence-electron chi connectivity index (χ1n) is 16.0. The van der Waals surface area contributed by atoms with Crippen molar-refractivity contribution in [2.24, 2.45) is 0 Å². The van der Waals surface area contributed by atoms with Gasteiger partial charge in [0.05, 0.1) is 0 Å². The largest absolute Gasteiger partial charge is 0.488 e. The van der Waals surface area contributed by atoms with Gasteiger partial charge in [0.25, 0.3) is 0 Å². The number of piperidine rings is 1. The van der Waals surface area contributed by atoms with Gasteiger partial charge in [0.1, 0.15) is 12.4 Å². The van der Waals surface area contributed by atoms with Crippen LogP contribution in [0.1, 0.15) is 113 Å². The highest BCUT2D eigenvalue weighted by molar-refractivity contribution is 7.48. The third-order valence-electron chi connectivity index (χ3n) is 8.76. The highest BCUT2D eigenvalue weighted by Gasteiger charge is 2.33. The molecule has 0 spiro atoms. The summed E-state index contributed by atoms with van der Waals surface area (Å²) in [4.78, 5) is 2.68. The maximum Gasteiger partial charge on any atom is 0.126 e. The van der Waals surface area contributed by atoms with Crippen LogP contribution in [0.5, 0.6) is 5.75 Å². The molecule has 0 aliphatic carbocycles. The van der Waals surface area contributed by atoms with Gasteiger partial charge in [-0.3, -0.25) is 4.90 Å². The third-order valence-corrected chi connectivity index (χ3v) is 10.6. The van der Waals surface area contributed by atoms with Crippen molar-refractivity contribution in [3.8, 4) is 5.75 Å². The van der Waals surface area contributed by atoms with Gasteiger partial charge < -0.3 is 4.74 Å². The molecule has 2 atom stereocenters. The average Bonchev–Trinajstić information content (AvgIpc) is 2.94. The molecule has 3 aromatic carbocycles. The summed E-state index contributed by atoms with van der Waals surface area (Å²) in [7, 11) is 0.690. The second-order valence-corrected chi connectivity index (χ2v) is 15.5. The van der Waals surface area contributed by atoms with Crippen molar-refractivity contribution in [2.45, 2.75) is 117 Å². The topological polar surface area (TPSA) is 12.5 Å². The van der Waals surface area contributed by atoms with E-state index in [1.54, 1.807) is 0 Å². The lowest BCUT2D eigenvalue weighted by atomic mass is 9.82. The Morgan fingerprint density at radius 3 is 2.27 bits per heavy atom. The summed E-state index contributed by atoms with van der Waals surface area (Å²) < 4.78 is 6.78. The molecule has 0 bridgehead atoms. The van der Waals surface area contributed by atoms with Crippen molar-refractivity contribution < 1.29 is 4.74 Å². The molecule has 1 aliphatic rings. The first-order chi connectivity index (χ1) is 19.6. The SMILES string of the molecule is CCCCCC(C)(Pc1ccc(C)cc1CN1CCCCC1)c1cc(C(C)(C)C)cc(C)c1OCc1ccccc1. The molecule has 0 N–H and O–H groups in total. The number of aryl methyl sites for hydroxylation is 2. The lowest BCUT2D eigenvalue weighted by Crippen LogP contribution is -2.31. The summed E-state index contributed by atoms with van der Waals surface area (Å²) in [6.45, 7) is 20.5. The number of hydrogen-bond donors (Lipinski definition) is 0. The Morgan fingerprint density at radius 1 is 0.854 bits per heavy atom. The van der Waals surface area contributed by atoms with E-state index >= 15 is 0 Å². The molecular weight excluding hydrogens is 517 g/mol. The van der Waals surface area contributed by atoms with Crippen molar-refractivity contribution >= 4 is 13.9 Å². The van der Waals surface area contributed by atoms with E-state index in [0.29, 0.717) is 15.2 Å². The fourth-order valence-electron chi connectivity index (χ4n) is 6.16. The van der Waals surface area contributed by atoms with Crippen molar-refractivity contribution in [3.05, 3.63) is 94.0 Å². The maximum absolute atomic E-state index is 6.78. The molecule has 3 aromatic rings. The fourth-order valence-corrected chi connectivity index (χ4v) is 7.86. The van der Waals surface area contributed by atoms with E-state index in [9.17, 15) is 0 Å². The Labute approximate surface area is 253 Å². The van der Waals surface area contributed by atoms with Gasteiger partial charge in [0.2, 0.25) is 0 Å². The van der Waals surface area contributed by atoms with Gasteiger partial charge in [-0.2, -0.15) is 0 Å². The Bertz CT molecular complexity index is 1260.